The number of fused-ring (bicyclic) bond motifs is 4. The van der Waals surface area contributed by atoms with E-state index >= 15 is 0 Å². The molecule has 3 aliphatic rings. The topological polar surface area (TPSA) is 41.6 Å². The van der Waals surface area contributed by atoms with Crippen LogP contribution in [-0.4, -0.2) is 35.7 Å². The molecular formula is C23H31F3N2O2. The maximum Gasteiger partial charge on any atom is 0.416 e. The van der Waals surface area contributed by atoms with Crippen molar-refractivity contribution >= 4 is 11.8 Å². The second-order valence-corrected chi connectivity index (χ2v) is 9.05. The third kappa shape index (κ3) is 4.46. The molecular weight excluding hydrogens is 393 g/mol. The van der Waals surface area contributed by atoms with Gasteiger partial charge in [0.25, 0.3) is 0 Å². The summed E-state index contributed by atoms with van der Waals surface area (Å²) in [7, 11) is 0. The zero-order valence-electron chi connectivity index (χ0n) is 17.5. The third-order valence-corrected chi connectivity index (χ3v) is 7.19. The number of benzene rings is 1. The summed E-state index contributed by atoms with van der Waals surface area (Å²) in [6.45, 7) is 3.35. The van der Waals surface area contributed by atoms with Crippen molar-refractivity contribution in [1.82, 2.24) is 4.90 Å². The van der Waals surface area contributed by atoms with Crippen LogP contribution < -0.4 is 5.32 Å². The highest BCUT2D eigenvalue weighted by Crippen LogP contribution is 2.49. The Bertz CT molecular complexity index is 754. The molecule has 0 radical (unpaired) electrons. The first-order valence-corrected chi connectivity index (χ1v) is 11.3. The van der Waals surface area contributed by atoms with Crippen molar-refractivity contribution < 1.29 is 22.7 Å². The van der Waals surface area contributed by atoms with Gasteiger partial charge in [0.1, 0.15) is 6.10 Å². The lowest BCUT2D eigenvalue weighted by molar-refractivity contribution is -0.137. The molecule has 0 spiro atoms. The molecule has 166 valence electrons. The number of amides is 1. The Morgan fingerprint density at radius 3 is 2.87 bits per heavy atom. The van der Waals surface area contributed by atoms with Gasteiger partial charge in [-0.2, -0.15) is 13.2 Å². The van der Waals surface area contributed by atoms with Gasteiger partial charge in [-0.3, -0.25) is 10.2 Å². The van der Waals surface area contributed by atoms with E-state index < -0.39 is 17.8 Å². The summed E-state index contributed by atoms with van der Waals surface area (Å²) in [6.07, 6.45) is 3.91. The highest BCUT2D eigenvalue weighted by Gasteiger charge is 2.52. The van der Waals surface area contributed by atoms with E-state index in [0.29, 0.717) is 23.9 Å². The van der Waals surface area contributed by atoms with Gasteiger partial charge in [-0.15, -0.1) is 0 Å². The van der Waals surface area contributed by atoms with E-state index in [1.807, 2.05) is 0 Å². The van der Waals surface area contributed by atoms with E-state index in [0.717, 1.165) is 37.9 Å². The monoisotopic (exact) mass is 424 g/mol. The molecule has 1 aliphatic carbocycles. The molecule has 4 nitrogen and oxygen atoms in total. The summed E-state index contributed by atoms with van der Waals surface area (Å²) in [5, 5.41) is 2.50. The van der Waals surface area contributed by atoms with Gasteiger partial charge in [0.15, 0.2) is 0 Å². The second-order valence-electron chi connectivity index (χ2n) is 9.05. The number of hydrogen-bond acceptors (Lipinski definition) is 3. The third-order valence-electron chi connectivity index (χ3n) is 7.19. The SMILES string of the molecule is CCCC[C@H]1C2CC(OC(=O)Nc3cccc(C(F)(F)F)c3)C(C2)[C@H]2CCCCN21. The number of alkyl halides is 3. The fourth-order valence-corrected chi connectivity index (χ4v) is 5.92. The number of halogens is 3. The summed E-state index contributed by atoms with van der Waals surface area (Å²) in [5.41, 5.74) is -0.676. The smallest absolute Gasteiger partial charge is 0.416 e. The number of nitrogens with zero attached hydrogens (tertiary/aromatic N) is 1. The van der Waals surface area contributed by atoms with Crippen LogP contribution in [0.3, 0.4) is 0 Å². The van der Waals surface area contributed by atoms with Crippen LogP contribution in [0.2, 0.25) is 0 Å². The van der Waals surface area contributed by atoms with Crippen LogP contribution in [-0.2, 0) is 10.9 Å². The molecule has 2 heterocycles. The molecule has 5 atom stereocenters. The number of nitrogens with one attached hydrogen (secondary N) is 1. The van der Waals surface area contributed by atoms with E-state index in [4.69, 9.17) is 4.74 Å². The molecule has 1 N–H and O–H groups in total. The molecule has 2 bridgehead atoms. The van der Waals surface area contributed by atoms with Gasteiger partial charge in [-0.25, -0.2) is 4.79 Å². The molecule has 30 heavy (non-hydrogen) atoms. The summed E-state index contributed by atoms with van der Waals surface area (Å²) in [4.78, 5) is 15.2. The van der Waals surface area contributed by atoms with Crippen molar-refractivity contribution in [3.8, 4) is 0 Å². The molecule has 1 saturated carbocycles. The number of hydrogen-bond donors (Lipinski definition) is 1. The van der Waals surface area contributed by atoms with E-state index in [9.17, 15) is 18.0 Å². The van der Waals surface area contributed by atoms with Crippen LogP contribution in [0.25, 0.3) is 0 Å². The average Bonchev–Trinajstić information content (AvgIpc) is 3.06. The first-order chi connectivity index (χ1) is 14.4. The van der Waals surface area contributed by atoms with Crippen molar-refractivity contribution in [1.29, 1.82) is 0 Å². The van der Waals surface area contributed by atoms with Crippen LogP contribution in [0.5, 0.6) is 0 Å². The fourth-order valence-electron chi connectivity index (χ4n) is 5.92. The maximum atomic E-state index is 12.9. The number of rotatable bonds is 5. The molecule has 3 unspecified atom stereocenters. The van der Waals surface area contributed by atoms with E-state index in [1.54, 1.807) is 0 Å². The minimum absolute atomic E-state index is 0.107. The average molecular weight is 425 g/mol. The summed E-state index contributed by atoms with van der Waals surface area (Å²) in [5.74, 6) is 0.877. The van der Waals surface area contributed by atoms with Crippen molar-refractivity contribution in [3.05, 3.63) is 29.8 Å². The van der Waals surface area contributed by atoms with Gasteiger partial charge >= 0.3 is 12.3 Å². The van der Waals surface area contributed by atoms with Crippen LogP contribution in [0.1, 0.15) is 63.9 Å². The number of carbonyl (C=O) groups is 1. The first kappa shape index (κ1) is 21.5. The normalized spacial score (nSPS) is 31.3. The van der Waals surface area contributed by atoms with Gasteiger partial charge in [-0.1, -0.05) is 32.3 Å². The number of ether oxygens (including phenoxy) is 1. The standard InChI is InChI=1S/C23H31F3N2O2/c1-2-3-9-19-15-12-18(20-10-4-5-11-28(19)20)21(13-15)30-22(29)27-17-8-6-7-16(14-17)23(24,25)26/h6-8,14-15,18-21H,2-5,9-13H2,1H3,(H,27,29)/t15?,18?,19-,20+,21?/m0/s1. The Balaban J connectivity index is 1.42. The zero-order chi connectivity index (χ0) is 21.3. The van der Waals surface area contributed by atoms with Crippen LogP contribution in [0, 0.1) is 11.8 Å². The van der Waals surface area contributed by atoms with Gasteiger partial charge in [0.05, 0.1) is 5.56 Å². The molecule has 1 aromatic rings. The first-order valence-electron chi connectivity index (χ1n) is 11.3. The van der Waals surface area contributed by atoms with E-state index in [1.165, 1.54) is 44.2 Å². The lowest BCUT2D eigenvalue weighted by atomic mass is 9.79. The number of anilines is 1. The van der Waals surface area contributed by atoms with E-state index in [2.05, 4.69) is 17.1 Å². The Morgan fingerprint density at radius 2 is 2.10 bits per heavy atom. The Morgan fingerprint density at radius 1 is 1.27 bits per heavy atom. The summed E-state index contributed by atoms with van der Waals surface area (Å²) >= 11 is 0. The Hall–Kier alpha value is -1.76. The molecule has 2 saturated heterocycles. The number of unbranched alkanes of at least 4 members (excludes halogenated alkanes) is 1. The quantitative estimate of drug-likeness (QED) is 0.623. The number of piperidine rings is 2. The Kier molecular flexibility index (Phi) is 6.28. The second kappa shape index (κ2) is 8.77. The molecule has 0 aromatic heterocycles. The predicted octanol–water partition coefficient (Wildman–Crippen LogP) is 6.08. The molecule has 4 rings (SSSR count). The summed E-state index contributed by atoms with van der Waals surface area (Å²) in [6, 6.07) is 5.71. The van der Waals surface area contributed by atoms with Crippen molar-refractivity contribution in [2.75, 3.05) is 11.9 Å². The summed E-state index contributed by atoms with van der Waals surface area (Å²) < 4.78 is 44.5. The predicted molar refractivity (Wildman–Crippen MR) is 109 cm³/mol. The van der Waals surface area contributed by atoms with Gasteiger partial charge in [-0.05, 0) is 62.8 Å². The molecule has 1 aromatic carbocycles. The number of carbonyl (C=O) groups excluding carboxylic acids is 1. The molecule has 3 fully saturated rings. The Labute approximate surface area is 176 Å². The van der Waals surface area contributed by atoms with Crippen molar-refractivity contribution in [3.63, 3.8) is 0 Å². The largest absolute Gasteiger partial charge is 0.446 e. The van der Waals surface area contributed by atoms with Gasteiger partial charge in [0, 0.05) is 23.7 Å². The minimum Gasteiger partial charge on any atom is -0.446 e. The van der Waals surface area contributed by atoms with Crippen LogP contribution in [0.4, 0.5) is 23.7 Å². The van der Waals surface area contributed by atoms with Crippen molar-refractivity contribution in [2.24, 2.45) is 11.8 Å². The van der Waals surface area contributed by atoms with Crippen LogP contribution >= 0.6 is 0 Å². The zero-order valence-corrected chi connectivity index (χ0v) is 17.5. The van der Waals surface area contributed by atoms with Crippen LogP contribution in [0.15, 0.2) is 24.3 Å². The molecule has 7 heteroatoms. The lowest BCUT2D eigenvalue weighted by Gasteiger charge is -2.49. The lowest BCUT2D eigenvalue weighted by Crippen LogP contribution is -2.55. The van der Waals surface area contributed by atoms with Crippen molar-refractivity contribution in [2.45, 2.75) is 82.7 Å². The maximum absolute atomic E-state index is 12.9. The minimum atomic E-state index is -4.44. The van der Waals surface area contributed by atoms with E-state index in [-0.39, 0.29) is 11.8 Å². The fraction of sp³-hybridized carbons (Fsp3) is 0.696. The van der Waals surface area contributed by atoms with Gasteiger partial charge in [0.2, 0.25) is 0 Å². The molecule has 2 aliphatic heterocycles. The van der Waals surface area contributed by atoms with Gasteiger partial charge < -0.3 is 4.74 Å². The highest BCUT2D eigenvalue weighted by atomic mass is 19.4. The molecule has 1 amide bonds. The highest BCUT2D eigenvalue weighted by molar-refractivity contribution is 5.84.